The third-order valence-electron chi connectivity index (χ3n) is 3.31. The second-order valence-electron chi connectivity index (χ2n) is 4.89. The molecule has 0 bridgehead atoms. The zero-order valence-electron chi connectivity index (χ0n) is 11.8. The second-order valence-corrected chi connectivity index (χ2v) is 5.32. The Morgan fingerprint density at radius 2 is 1.73 bits per heavy atom. The first kappa shape index (κ1) is 14.5. The summed E-state index contributed by atoms with van der Waals surface area (Å²) >= 11 is 5.85. The van der Waals surface area contributed by atoms with Crippen LogP contribution in [0.25, 0.3) is 6.08 Å². The van der Waals surface area contributed by atoms with Gasteiger partial charge in [0.15, 0.2) is 0 Å². The van der Waals surface area contributed by atoms with E-state index in [1.54, 1.807) is 49.4 Å². The zero-order chi connectivity index (χ0) is 15.7. The lowest BCUT2D eigenvalue weighted by molar-refractivity contribution is -0.114. The number of halogens is 2. The van der Waals surface area contributed by atoms with Gasteiger partial charge in [0, 0.05) is 5.02 Å². The summed E-state index contributed by atoms with van der Waals surface area (Å²) in [7, 11) is 0. The summed E-state index contributed by atoms with van der Waals surface area (Å²) < 4.78 is 12.9. The molecule has 0 atom stereocenters. The topological polar surface area (TPSA) is 32.7 Å². The molecule has 5 heteroatoms. The molecule has 0 N–H and O–H groups in total. The van der Waals surface area contributed by atoms with Crippen molar-refractivity contribution in [2.75, 3.05) is 5.01 Å². The van der Waals surface area contributed by atoms with Crippen molar-refractivity contribution >= 4 is 35.0 Å². The van der Waals surface area contributed by atoms with Crippen molar-refractivity contribution in [3.8, 4) is 0 Å². The van der Waals surface area contributed by atoms with Gasteiger partial charge in [0.2, 0.25) is 0 Å². The molecule has 1 aliphatic heterocycles. The Kier molecular flexibility index (Phi) is 3.77. The second kappa shape index (κ2) is 5.73. The highest BCUT2D eigenvalue weighted by Gasteiger charge is 2.28. The molecule has 110 valence electrons. The predicted molar refractivity (Wildman–Crippen MR) is 86.4 cm³/mol. The quantitative estimate of drug-likeness (QED) is 0.761. The monoisotopic (exact) mass is 314 g/mol. The first-order valence-corrected chi connectivity index (χ1v) is 7.05. The SMILES string of the molecule is CC1=NN(c2ccc(Cl)cc2)C(=O)/C1=C/c1ccc(F)cc1. The lowest BCUT2D eigenvalue weighted by Crippen LogP contribution is -2.21. The van der Waals surface area contributed by atoms with Crippen molar-refractivity contribution in [1.29, 1.82) is 0 Å². The first-order valence-electron chi connectivity index (χ1n) is 6.67. The van der Waals surface area contributed by atoms with Crippen molar-refractivity contribution in [1.82, 2.24) is 0 Å². The number of carbonyl (C=O) groups is 1. The smallest absolute Gasteiger partial charge is 0.267 e. The van der Waals surface area contributed by atoms with E-state index in [1.807, 2.05) is 0 Å². The minimum Gasteiger partial charge on any atom is -0.267 e. The molecule has 1 aliphatic rings. The largest absolute Gasteiger partial charge is 0.280 e. The molecule has 0 radical (unpaired) electrons. The van der Waals surface area contributed by atoms with Crippen molar-refractivity contribution in [2.24, 2.45) is 5.10 Å². The third kappa shape index (κ3) is 2.78. The van der Waals surface area contributed by atoms with E-state index in [1.165, 1.54) is 17.1 Å². The summed E-state index contributed by atoms with van der Waals surface area (Å²) in [6.07, 6.45) is 1.70. The predicted octanol–water partition coefficient (Wildman–Crippen LogP) is 4.29. The Bertz CT molecular complexity index is 779. The molecule has 0 aliphatic carbocycles. The van der Waals surface area contributed by atoms with Gasteiger partial charge in [-0.2, -0.15) is 10.1 Å². The standard InChI is InChI=1S/C17H12ClFN2O/c1-11-16(10-12-2-6-14(19)7-3-12)17(22)21(20-11)15-8-4-13(18)5-9-15/h2-10H,1H3/b16-10+. The molecule has 0 spiro atoms. The third-order valence-corrected chi connectivity index (χ3v) is 3.57. The molecule has 2 aromatic rings. The Labute approximate surface area is 132 Å². The Morgan fingerprint density at radius 1 is 1.09 bits per heavy atom. The maximum absolute atomic E-state index is 12.9. The lowest BCUT2D eigenvalue weighted by Gasteiger charge is -2.11. The van der Waals surface area contributed by atoms with Crippen molar-refractivity contribution in [2.45, 2.75) is 6.92 Å². The molecular formula is C17H12ClFN2O. The molecule has 1 heterocycles. The number of nitrogens with zero attached hydrogens (tertiary/aromatic N) is 2. The molecule has 3 nitrogen and oxygen atoms in total. The Balaban J connectivity index is 1.92. The summed E-state index contributed by atoms with van der Waals surface area (Å²) in [6.45, 7) is 1.77. The number of anilines is 1. The number of amides is 1. The fourth-order valence-corrected chi connectivity index (χ4v) is 2.29. The molecule has 0 saturated heterocycles. The summed E-state index contributed by atoms with van der Waals surface area (Å²) in [6, 6.07) is 12.8. The van der Waals surface area contributed by atoms with Gasteiger partial charge in [-0.15, -0.1) is 0 Å². The summed E-state index contributed by atoms with van der Waals surface area (Å²) in [5.41, 5.74) is 2.50. The molecular weight excluding hydrogens is 303 g/mol. The van der Waals surface area contributed by atoms with Crippen LogP contribution >= 0.6 is 11.6 Å². The van der Waals surface area contributed by atoms with Gasteiger partial charge in [-0.1, -0.05) is 23.7 Å². The van der Waals surface area contributed by atoms with E-state index in [2.05, 4.69) is 5.10 Å². The Morgan fingerprint density at radius 3 is 2.36 bits per heavy atom. The van der Waals surface area contributed by atoms with E-state index in [0.29, 0.717) is 22.0 Å². The van der Waals surface area contributed by atoms with E-state index in [-0.39, 0.29) is 11.7 Å². The van der Waals surface area contributed by atoms with Crippen LogP contribution in [0.2, 0.25) is 5.02 Å². The van der Waals surface area contributed by atoms with Crippen LogP contribution in [0.15, 0.2) is 59.2 Å². The van der Waals surface area contributed by atoms with Crippen molar-refractivity contribution < 1.29 is 9.18 Å². The van der Waals surface area contributed by atoms with Crippen LogP contribution in [-0.4, -0.2) is 11.6 Å². The average Bonchev–Trinajstić information content (AvgIpc) is 2.78. The molecule has 0 saturated carbocycles. The highest BCUT2D eigenvalue weighted by Crippen LogP contribution is 2.26. The van der Waals surface area contributed by atoms with Gasteiger partial charge >= 0.3 is 0 Å². The minimum atomic E-state index is -0.312. The van der Waals surface area contributed by atoms with Crippen molar-refractivity contribution in [3.63, 3.8) is 0 Å². The number of hydrogen-bond donors (Lipinski definition) is 0. The van der Waals surface area contributed by atoms with Gasteiger partial charge in [0.1, 0.15) is 5.82 Å². The molecule has 2 aromatic carbocycles. The fourth-order valence-electron chi connectivity index (χ4n) is 2.17. The molecule has 3 rings (SSSR count). The number of benzene rings is 2. The van der Waals surface area contributed by atoms with Gasteiger partial charge in [0.05, 0.1) is 17.0 Å². The summed E-state index contributed by atoms with van der Waals surface area (Å²) in [5, 5.41) is 6.21. The van der Waals surface area contributed by atoms with Gasteiger partial charge < -0.3 is 0 Å². The maximum atomic E-state index is 12.9. The fraction of sp³-hybridized carbons (Fsp3) is 0.0588. The van der Waals surface area contributed by atoms with E-state index in [9.17, 15) is 9.18 Å². The van der Waals surface area contributed by atoms with E-state index in [0.717, 1.165) is 5.56 Å². The number of hydrogen-bond acceptors (Lipinski definition) is 2. The van der Waals surface area contributed by atoms with Crippen LogP contribution in [0.5, 0.6) is 0 Å². The van der Waals surface area contributed by atoms with Crippen LogP contribution in [0.1, 0.15) is 12.5 Å². The minimum absolute atomic E-state index is 0.218. The maximum Gasteiger partial charge on any atom is 0.280 e. The van der Waals surface area contributed by atoms with Crippen LogP contribution < -0.4 is 5.01 Å². The van der Waals surface area contributed by atoms with Crippen molar-refractivity contribution in [3.05, 3.63) is 70.5 Å². The van der Waals surface area contributed by atoms with Crippen LogP contribution in [0.3, 0.4) is 0 Å². The normalized spacial score (nSPS) is 16.3. The molecule has 0 aromatic heterocycles. The Hall–Kier alpha value is -2.46. The summed E-state index contributed by atoms with van der Waals surface area (Å²) in [5.74, 6) is -0.530. The number of rotatable bonds is 2. The van der Waals surface area contributed by atoms with Gasteiger partial charge in [-0.25, -0.2) is 4.39 Å². The van der Waals surface area contributed by atoms with E-state index < -0.39 is 0 Å². The average molecular weight is 315 g/mol. The summed E-state index contributed by atoms with van der Waals surface area (Å²) in [4.78, 5) is 12.5. The van der Waals surface area contributed by atoms with E-state index in [4.69, 9.17) is 11.6 Å². The highest BCUT2D eigenvalue weighted by molar-refractivity contribution is 6.32. The molecule has 1 amide bonds. The van der Waals surface area contributed by atoms with Gasteiger partial charge in [0.25, 0.3) is 5.91 Å². The van der Waals surface area contributed by atoms with Gasteiger partial charge in [-0.05, 0) is 55.0 Å². The zero-order valence-corrected chi connectivity index (χ0v) is 12.5. The van der Waals surface area contributed by atoms with Crippen LogP contribution in [0.4, 0.5) is 10.1 Å². The molecule has 0 fully saturated rings. The van der Waals surface area contributed by atoms with Gasteiger partial charge in [-0.3, -0.25) is 4.79 Å². The number of carbonyl (C=O) groups excluding carboxylic acids is 1. The molecule has 22 heavy (non-hydrogen) atoms. The molecule has 0 unspecified atom stereocenters. The highest BCUT2D eigenvalue weighted by atomic mass is 35.5. The van der Waals surface area contributed by atoms with Crippen LogP contribution in [-0.2, 0) is 4.79 Å². The first-order chi connectivity index (χ1) is 10.5. The number of hydrazone groups is 1. The van der Waals surface area contributed by atoms with Crippen LogP contribution in [0, 0.1) is 5.82 Å². The van der Waals surface area contributed by atoms with E-state index >= 15 is 0 Å². The lowest BCUT2D eigenvalue weighted by atomic mass is 10.1.